The van der Waals surface area contributed by atoms with Crippen LogP contribution in [0.3, 0.4) is 0 Å². The fourth-order valence-electron chi connectivity index (χ4n) is 2.75. The van der Waals surface area contributed by atoms with Crippen LogP contribution < -0.4 is 16.2 Å². The van der Waals surface area contributed by atoms with E-state index < -0.39 is 0 Å². The number of nitrogens with one attached hydrogen (secondary N) is 4. The molecule has 1 saturated carbocycles. The maximum absolute atomic E-state index is 12.6. The quantitative estimate of drug-likeness (QED) is 0.522. The van der Waals surface area contributed by atoms with Crippen molar-refractivity contribution in [2.75, 3.05) is 5.32 Å². The van der Waals surface area contributed by atoms with Crippen molar-refractivity contribution in [3.8, 4) is 0 Å². The summed E-state index contributed by atoms with van der Waals surface area (Å²) in [5.41, 5.74) is 1.55. The molecule has 3 aromatic rings. The Balaban J connectivity index is 1.57. The predicted octanol–water partition coefficient (Wildman–Crippen LogP) is 2.73. The largest absolute Gasteiger partial charge is 0.349 e. The molecule has 0 saturated heterocycles. The summed E-state index contributed by atoms with van der Waals surface area (Å²) in [5, 5.41) is 6.10. The van der Waals surface area contributed by atoms with Crippen LogP contribution in [-0.4, -0.2) is 27.8 Å². The number of carbonyl (C=O) groups is 2. The third-order valence-corrected chi connectivity index (χ3v) is 4.50. The van der Waals surface area contributed by atoms with Gasteiger partial charge in [-0.3, -0.25) is 19.4 Å². The average molecular weight is 380 g/mol. The van der Waals surface area contributed by atoms with Crippen molar-refractivity contribution in [3.05, 3.63) is 68.7 Å². The van der Waals surface area contributed by atoms with Crippen LogP contribution in [0.2, 0.25) is 0 Å². The van der Waals surface area contributed by atoms with Crippen molar-refractivity contribution in [1.82, 2.24) is 15.3 Å². The maximum atomic E-state index is 12.6. The fraction of sp³-hybridized carbons (Fsp3) is 0.158. The van der Waals surface area contributed by atoms with E-state index in [1.54, 1.807) is 42.5 Å². The van der Waals surface area contributed by atoms with E-state index in [2.05, 4.69) is 20.6 Å². The minimum Gasteiger partial charge on any atom is -0.349 e. The minimum atomic E-state index is -0.351. The maximum Gasteiger partial charge on any atom is 0.259 e. The number of H-pyrrole nitrogens is 2. The van der Waals surface area contributed by atoms with E-state index in [9.17, 15) is 14.4 Å². The zero-order valence-electron chi connectivity index (χ0n) is 14.2. The Morgan fingerprint density at radius 3 is 2.56 bits per heavy atom. The van der Waals surface area contributed by atoms with Crippen LogP contribution in [0.4, 0.5) is 5.69 Å². The first-order valence-electron chi connectivity index (χ1n) is 8.48. The summed E-state index contributed by atoms with van der Waals surface area (Å²) in [5.74, 6) is -0.498. The molecule has 7 nitrogen and oxygen atoms in total. The Kier molecular flexibility index (Phi) is 4.33. The molecule has 1 aromatic heterocycles. The van der Waals surface area contributed by atoms with Gasteiger partial charge in [0.1, 0.15) is 0 Å². The van der Waals surface area contributed by atoms with Crippen LogP contribution in [0.1, 0.15) is 33.6 Å². The van der Waals surface area contributed by atoms with Gasteiger partial charge in [0, 0.05) is 22.9 Å². The zero-order valence-corrected chi connectivity index (χ0v) is 15.0. The van der Waals surface area contributed by atoms with Gasteiger partial charge in [-0.15, -0.1) is 0 Å². The summed E-state index contributed by atoms with van der Waals surface area (Å²) in [6.45, 7) is 0. The van der Waals surface area contributed by atoms with Gasteiger partial charge >= 0.3 is 0 Å². The van der Waals surface area contributed by atoms with Crippen LogP contribution in [0, 0.1) is 4.77 Å². The fourth-order valence-corrected chi connectivity index (χ4v) is 2.95. The van der Waals surface area contributed by atoms with E-state index in [1.807, 2.05) is 0 Å². The first kappa shape index (κ1) is 17.2. The van der Waals surface area contributed by atoms with E-state index in [-0.39, 0.29) is 28.2 Å². The summed E-state index contributed by atoms with van der Waals surface area (Å²) >= 11 is 4.96. The second-order valence-electron chi connectivity index (χ2n) is 6.45. The number of hydrogen-bond acceptors (Lipinski definition) is 4. The van der Waals surface area contributed by atoms with E-state index in [0.29, 0.717) is 27.7 Å². The standard InChI is InChI=1S/C19H16N4O3S/c24-16(20-12-5-6-12)10-2-1-3-13(8-10)21-17(25)11-4-7-14-15(9-11)22-19(27)23-18(14)26/h1-4,7-9,12H,5-6H2,(H,20,24)(H,21,25)(H2,22,23,26,27). The lowest BCUT2D eigenvalue weighted by Gasteiger charge is -2.08. The lowest BCUT2D eigenvalue weighted by Crippen LogP contribution is -2.25. The van der Waals surface area contributed by atoms with Crippen molar-refractivity contribution in [2.45, 2.75) is 18.9 Å². The first-order valence-corrected chi connectivity index (χ1v) is 8.89. The third kappa shape index (κ3) is 3.80. The molecule has 0 spiro atoms. The summed E-state index contributed by atoms with van der Waals surface area (Å²) < 4.78 is 0.194. The predicted molar refractivity (Wildman–Crippen MR) is 105 cm³/mol. The molecule has 27 heavy (non-hydrogen) atoms. The van der Waals surface area contributed by atoms with Crippen molar-refractivity contribution in [3.63, 3.8) is 0 Å². The van der Waals surface area contributed by atoms with E-state index in [0.717, 1.165) is 12.8 Å². The zero-order chi connectivity index (χ0) is 19.0. The van der Waals surface area contributed by atoms with Crippen molar-refractivity contribution < 1.29 is 9.59 Å². The number of amides is 2. The Morgan fingerprint density at radius 2 is 1.78 bits per heavy atom. The van der Waals surface area contributed by atoms with Crippen molar-refractivity contribution in [2.24, 2.45) is 0 Å². The molecule has 4 N–H and O–H groups in total. The molecule has 0 bridgehead atoms. The van der Waals surface area contributed by atoms with E-state index in [4.69, 9.17) is 12.2 Å². The number of hydrogen-bond donors (Lipinski definition) is 4. The molecule has 136 valence electrons. The molecule has 0 atom stereocenters. The van der Waals surface area contributed by atoms with Gasteiger partial charge in [0.2, 0.25) is 0 Å². The van der Waals surface area contributed by atoms with Gasteiger partial charge in [-0.1, -0.05) is 6.07 Å². The van der Waals surface area contributed by atoms with Crippen LogP contribution in [-0.2, 0) is 0 Å². The summed E-state index contributed by atoms with van der Waals surface area (Å²) in [6, 6.07) is 11.7. The normalized spacial score (nSPS) is 13.3. The molecule has 1 heterocycles. The Labute approximate surface area is 158 Å². The van der Waals surface area contributed by atoms with Gasteiger partial charge in [-0.2, -0.15) is 0 Å². The molecule has 4 rings (SSSR count). The Bertz CT molecular complexity index is 1180. The number of rotatable bonds is 4. The molecule has 2 amide bonds. The second kappa shape index (κ2) is 6.81. The lowest BCUT2D eigenvalue weighted by atomic mass is 10.1. The molecular formula is C19H16N4O3S. The molecular weight excluding hydrogens is 364 g/mol. The second-order valence-corrected chi connectivity index (χ2v) is 6.86. The van der Waals surface area contributed by atoms with Crippen LogP contribution in [0.15, 0.2) is 47.3 Å². The van der Waals surface area contributed by atoms with Gasteiger partial charge in [0.05, 0.1) is 10.9 Å². The van der Waals surface area contributed by atoms with Gasteiger partial charge in [0.25, 0.3) is 17.4 Å². The highest BCUT2D eigenvalue weighted by Crippen LogP contribution is 2.20. The highest BCUT2D eigenvalue weighted by molar-refractivity contribution is 7.71. The monoisotopic (exact) mass is 380 g/mol. The smallest absolute Gasteiger partial charge is 0.259 e. The first-order chi connectivity index (χ1) is 13.0. The molecule has 8 heteroatoms. The van der Waals surface area contributed by atoms with Crippen molar-refractivity contribution in [1.29, 1.82) is 0 Å². The van der Waals surface area contributed by atoms with Gasteiger partial charge in [-0.05, 0) is 61.5 Å². The number of carbonyl (C=O) groups excluding carboxylic acids is 2. The number of fused-ring (bicyclic) bond motifs is 1. The van der Waals surface area contributed by atoms with E-state index in [1.165, 1.54) is 0 Å². The van der Waals surface area contributed by atoms with Crippen LogP contribution in [0.5, 0.6) is 0 Å². The van der Waals surface area contributed by atoms with E-state index >= 15 is 0 Å². The third-order valence-electron chi connectivity index (χ3n) is 4.30. The molecule has 0 radical (unpaired) electrons. The molecule has 0 aliphatic heterocycles. The number of anilines is 1. The minimum absolute atomic E-state index is 0.147. The van der Waals surface area contributed by atoms with Crippen molar-refractivity contribution >= 4 is 40.6 Å². The number of benzene rings is 2. The summed E-state index contributed by atoms with van der Waals surface area (Å²) in [7, 11) is 0. The number of aromatic nitrogens is 2. The summed E-state index contributed by atoms with van der Waals surface area (Å²) in [6.07, 6.45) is 2.02. The highest BCUT2D eigenvalue weighted by Gasteiger charge is 2.23. The summed E-state index contributed by atoms with van der Waals surface area (Å²) in [4.78, 5) is 41.9. The molecule has 2 aromatic carbocycles. The van der Waals surface area contributed by atoms with Crippen LogP contribution >= 0.6 is 12.2 Å². The van der Waals surface area contributed by atoms with Gasteiger partial charge < -0.3 is 15.6 Å². The Morgan fingerprint density at radius 1 is 1.00 bits per heavy atom. The van der Waals surface area contributed by atoms with Gasteiger partial charge in [0.15, 0.2) is 4.77 Å². The number of aromatic amines is 2. The molecule has 1 aliphatic rings. The average Bonchev–Trinajstić information content (AvgIpc) is 3.45. The molecule has 0 unspecified atom stereocenters. The topological polar surface area (TPSA) is 107 Å². The van der Waals surface area contributed by atoms with Crippen LogP contribution in [0.25, 0.3) is 10.9 Å². The molecule has 1 aliphatic carbocycles. The molecule has 1 fully saturated rings. The Hall–Kier alpha value is -3.26. The lowest BCUT2D eigenvalue weighted by molar-refractivity contribution is 0.0949. The highest BCUT2D eigenvalue weighted by atomic mass is 32.1. The SMILES string of the molecule is O=C(Nc1cccc(C(=O)NC2CC2)c1)c1ccc2c(=O)[nH]c(=S)[nH]c2c1. The van der Waals surface area contributed by atoms with Gasteiger partial charge in [-0.25, -0.2) is 0 Å².